The van der Waals surface area contributed by atoms with E-state index in [2.05, 4.69) is 21.8 Å². The summed E-state index contributed by atoms with van der Waals surface area (Å²) in [7, 11) is -1.37. The Morgan fingerprint density at radius 3 is 2.53 bits per heavy atom. The lowest BCUT2D eigenvalue weighted by Crippen LogP contribution is -2.62. The Kier molecular flexibility index (Phi) is 8.79. The van der Waals surface area contributed by atoms with Gasteiger partial charge < -0.3 is 24.8 Å². The molecule has 0 unspecified atom stereocenters. The predicted octanol–water partition coefficient (Wildman–Crippen LogP) is -0.144. The summed E-state index contributed by atoms with van der Waals surface area (Å²) in [6.45, 7) is 9.80. The van der Waals surface area contributed by atoms with Crippen LogP contribution in [0.2, 0.25) is 0 Å². The first-order valence-electron chi connectivity index (χ1n) is 10.6. The molecule has 0 amide bonds. The number of aliphatic hydroxyl groups is 3. The molecule has 3 heterocycles. The minimum absolute atomic E-state index is 0.248. The number of morpholine rings is 1. The molecule has 0 aromatic carbocycles. The van der Waals surface area contributed by atoms with Gasteiger partial charge in [0.25, 0.3) is 0 Å². The standard InChI is InChI=1S/C20H36N2O6S2/c1-20(2,3)30(26)21-14-6-4-5-13(11-22-7-9-27-10-8-22)12-29-19-17(25)15(23)16(24)18(14)28-19/h4-5,13-19,21,23-25H,6-12H2,1-3H3/b5-4-/t13-,14+,15-,16+,17+,18+,19+,30+/m0/s1. The summed E-state index contributed by atoms with van der Waals surface area (Å²) in [6, 6.07) is -0.455. The maximum Gasteiger partial charge on any atom is 0.132 e. The maximum atomic E-state index is 12.7. The third-order valence-electron chi connectivity index (χ3n) is 5.69. The lowest BCUT2D eigenvalue weighted by molar-refractivity contribution is -0.203. The number of hydrogen-bond donors (Lipinski definition) is 4. The van der Waals surface area contributed by atoms with Crippen LogP contribution in [0.3, 0.4) is 0 Å². The Balaban J connectivity index is 1.78. The average molecular weight is 465 g/mol. The van der Waals surface area contributed by atoms with Crippen LogP contribution >= 0.6 is 11.8 Å². The second-order valence-corrected chi connectivity index (χ2v) is 12.3. The Labute approximate surface area is 186 Å². The van der Waals surface area contributed by atoms with Crippen molar-refractivity contribution in [2.75, 3.05) is 38.6 Å². The molecule has 2 saturated heterocycles. The van der Waals surface area contributed by atoms with E-state index in [1.807, 2.05) is 20.8 Å². The molecule has 8 nitrogen and oxygen atoms in total. The van der Waals surface area contributed by atoms with Crippen LogP contribution in [0, 0.1) is 5.92 Å². The topological polar surface area (TPSA) is 111 Å². The number of rotatable bonds is 4. The molecule has 2 bridgehead atoms. The zero-order valence-electron chi connectivity index (χ0n) is 18.0. The van der Waals surface area contributed by atoms with E-state index in [9.17, 15) is 19.5 Å². The number of nitrogens with one attached hydrogen (secondary N) is 1. The van der Waals surface area contributed by atoms with E-state index in [-0.39, 0.29) is 5.92 Å². The third kappa shape index (κ3) is 6.26. The van der Waals surface area contributed by atoms with Gasteiger partial charge in [0, 0.05) is 25.4 Å². The van der Waals surface area contributed by atoms with Crippen molar-refractivity contribution in [1.29, 1.82) is 0 Å². The van der Waals surface area contributed by atoms with Crippen LogP contribution in [0.1, 0.15) is 27.2 Å². The van der Waals surface area contributed by atoms with E-state index >= 15 is 0 Å². The molecule has 30 heavy (non-hydrogen) atoms. The van der Waals surface area contributed by atoms with E-state index in [0.29, 0.717) is 6.42 Å². The predicted molar refractivity (Wildman–Crippen MR) is 118 cm³/mol. The molecule has 4 N–H and O–H groups in total. The molecule has 0 aliphatic carbocycles. The molecule has 0 saturated carbocycles. The zero-order chi connectivity index (χ0) is 21.9. The number of nitrogens with zero attached hydrogens (tertiary/aromatic N) is 1. The van der Waals surface area contributed by atoms with Crippen LogP contribution in [0.25, 0.3) is 0 Å². The summed E-state index contributed by atoms with van der Waals surface area (Å²) in [5, 5.41) is 31.5. The fourth-order valence-corrected chi connectivity index (χ4v) is 5.91. The van der Waals surface area contributed by atoms with Crippen molar-refractivity contribution >= 4 is 22.7 Å². The van der Waals surface area contributed by atoms with Crippen LogP contribution in [-0.2, 0) is 20.5 Å². The van der Waals surface area contributed by atoms with E-state index in [1.165, 1.54) is 11.8 Å². The molecule has 8 atom stereocenters. The fourth-order valence-electron chi connectivity index (χ4n) is 3.83. The summed E-state index contributed by atoms with van der Waals surface area (Å²) in [5.41, 5.74) is -0.653. The van der Waals surface area contributed by atoms with Crippen LogP contribution in [0.15, 0.2) is 12.2 Å². The van der Waals surface area contributed by atoms with Gasteiger partial charge in [0.2, 0.25) is 0 Å². The number of hydrogen-bond acceptors (Lipinski definition) is 8. The maximum absolute atomic E-state index is 12.7. The van der Waals surface area contributed by atoms with Crippen molar-refractivity contribution in [1.82, 2.24) is 9.62 Å². The normalized spacial score (nSPS) is 41.2. The molecular formula is C20H36N2O6S2. The first-order chi connectivity index (χ1) is 14.2. The molecule has 174 valence electrons. The first kappa shape index (κ1) is 24.6. The van der Waals surface area contributed by atoms with Crippen LogP contribution in [-0.4, -0.2) is 104 Å². The minimum atomic E-state index is -1.37. The van der Waals surface area contributed by atoms with E-state index < -0.39 is 51.6 Å². The molecule has 0 aromatic heterocycles. The van der Waals surface area contributed by atoms with Crippen LogP contribution < -0.4 is 4.72 Å². The minimum Gasteiger partial charge on any atom is -0.388 e. The van der Waals surface area contributed by atoms with Crippen molar-refractivity contribution in [2.45, 2.75) is 67.8 Å². The molecular weight excluding hydrogens is 428 g/mol. The third-order valence-corrected chi connectivity index (χ3v) is 8.66. The highest BCUT2D eigenvalue weighted by molar-refractivity contribution is 7.99. The van der Waals surface area contributed by atoms with Gasteiger partial charge in [-0.3, -0.25) is 4.90 Å². The quantitative estimate of drug-likeness (QED) is 0.426. The van der Waals surface area contributed by atoms with E-state index in [1.54, 1.807) is 0 Å². The second-order valence-electron chi connectivity index (χ2n) is 9.22. The van der Waals surface area contributed by atoms with Gasteiger partial charge in [0.1, 0.15) is 29.9 Å². The summed E-state index contributed by atoms with van der Waals surface area (Å²) in [4.78, 5) is 2.37. The first-order valence-corrected chi connectivity index (χ1v) is 12.8. The van der Waals surface area contributed by atoms with Crippen molar-refractivity contribution < 1.29 is 29.0 Å². The van der Waals surface area contributed by atoms with Crippen LogP contribution in [0.5, 0.6) is 0 Å². The lowest BCUT2D eigenvalue weighted by Gasteiger charge is -2.44. The number of ether oxygens (including phenoxy) is 2. The van der Waals surface area contributed by atoms with Gasteiger partial charge in [0.05, 0.1) is 35.0 Å². The van der Waals surface area contributed by atoms with Gasteiger partial charge in [-0.05, 0) is 33.1 Å². The molecule has 2 fully saturated rings. The van der Waals surface area contributed by atoms with Crippen LogP contribution in [0.4, 0.5) is 0 Å². The van der Waals surface area contributed by atoms with Gasteiger partial charge in [0.15, 0.2) is 0 Å². The molecule has 3 aliphatic heterocycles. The zero-order valence-corrected chi connectivity index (χ0v) is 19.6. The highest BCUT2D eigenvalue weighted by atomic mass is 32.2. The molecule has 0 spiro atoms. The molecule has 0 aromatic rings. The number of thioether (sulfide) groups is 1. The average Bonchev–Trinajstić information content (AvgIpc) is 2.70. The summed E-state index contributed by atoms with van der Waals surface area (Å²) in [5.74, 6) is 0.982. The smallest absolute Gasteiger partial charge is 0.132 e. The Bertz CT molecular complexity index is 611. The van der Waals surface area contributed by atoms with Crippen molar-refractivity contribution in [3.8, 4) is 0 Å². The lowest BCUT2D eigenvalue weighted by atomic mass is 9.93. The summed E-state index contributed by atoms with van der Waals surface area (Å²) in [6.07, 6.45) is 0.210. The summed E-state index contributed by atoms with van der Waals surface area (Å²) < 4.78 is 26.8. The molecule has 3 aliphatic rings. The monoisotopic (exact) mass is 464 g/mol. The molecule has 10 heteroatoms. The SMILES string of the molecule is CC(C)(C)[S@@](=O)N[C@@H]1C/C=C\[C@@H](CN2CCOCC2)CS[C@H]2O[C@H]1[C@H](O)[C@H](O)[C@H]2O. The second kappa shape index (κ2) is 10.7. The summed E-state index contributed by atoms with van der Waals surface area (Å²) >= 11 is 1.46. The fraction of sp³-hybridized carbons (Fsp3) is 0.900. The van der Waals surface area contributed by atoms with Crippen molar-refractivity contribution in [2.24, 2.45) is 5.92 Å². The van der Waals surface area contributed by atoms with E-state index in [4.69, 9.17) is 9.47 Å². The number of fused-ring (bicyclic) bond motifs is 2. The highest BCUT2D eigenvalue weighted by Crippen LogP contribution is 2.33. The van der Waals surface area contributed by atoms with Gasteiger partial charge >= 0.3 is 0 Å². The van der Waals surface area contributed by atoms with Gasteiger partial charge in [-0.1, -0.05) is 12.2 Å². The molecule has 3 rings (SSSR count). The van der Waals surface area contributed by atoms with Crippen molar-refractivity contribution in [3.05, 3.63) is 12.2 Å². The van der Waals surface area contributed by atoms with Gasteiger partial charge in [-0.15, -0.1) is 11.8 Å². The largest absolute Gasteiger partial charge is 0.388 e. The van der Waals surface area contributed by atoms with Gasteiger partial charge in [-0.25, -0.2) is 8.93 Å². The van der Waals surface area contributed by atoms with Gasteiger partial charge in [-0.2, -0.15) is 0 Å². The Hall–Kier alpha value is -0.0400. The Morgan fingerprint density at radius 2 is 1.87 bits per heavy atom. The molecule has 0 radical (unpaired) electrons. The Morgan fingerprint density at radius 1 is 1.17 bits per heavy atom. The highest BCUT2D eigenvalue weighted by Gasteiger charge is 2.47. The van der Waals surface area contributed by atoms with Crippen molar-refractivity contribution in [3.63, 3.8) is 0 Å². The van der Waals surface area contributed by atoms with E-state index in [0.717, 1.165) is 38.6 Å². The number of aliphatic hydroxyl groups excluding tert-OH is 3.